The maximum Gasteiger partial charge on any atom is 0.277 e. The molecule has 118 valence electrons. The Morgan fingerprint density at radius 2 is 2.23 bits per heavy atom. The Labute approximate surface area is 142 Å². The van der Waals surface area contributed by atoms with Gasteiger partial charge in [-0.15, -0.1) is 10.2 Å². The Bertz CT molecular complexity index is 663. The highest BCUT2D eigenvalue weighted by Gasteiger charge is 2.19. The summed E-state index contributed by atoms with van der Waals surface area (Å²) < 4.78 is 5.46. The van der Waals surface area contributed by atoms with Crippen molar-refractivity contribution in [1.82, 2.24) is 10.2 Å². The number of anilines is 1. The van der Waals surface area contributed by atoms with Gasteiger partial charge in [0.1, 0.15) is 0 Å². The van der Waals surface area contributed by atoms with Crippen molar-refractivity contribution in [2.45, 2.75) is 30.1 Å². The number of halogens is 1. The molecule has 5 nitrogen and oxygen atoms in total. The molecule has 1 N–H and O–H groups in total. The molecule has 22 heavy (non-hydrogen) atoms. The summed E-state index contributed by atoms with van der Waals surface area (Å²) in [6.45, 7) is 3.70. The minimum atomic E-state index is -0.360. The molecule has 0 spiro atoms. The van der Waals surface area contributed by atoms with Crippen molar-refractivity contribution < 1.29 is 9.21 Å². The molecule has 2 aromatic rings. The SMILES string of the molecule is CSCc1nnc(SC(C)C(=O)Nc2cc(Cl)ccc2C)o1. The Kier molecular flexibility index (Phi) is 6.16. The number of aryl methyl sites for hydroxylation is 1. The zero-order valence-corrected chi connectivity index (χ0v) is 14.8. The number of hydrogen-bond donors (Lipinski definition) is 1. The zero-order valence-electron chi connectivity index (χ0n) is 12.4. The predicted octanol–water partition coefficient (Wildman–Crippen LogP) is 4.01. The van der Waals surface area contributed by atoms with E-state index < -0.39 is 0 Å². The van der Waals surface area contributed by atoms with Gasteiger partial charge in [0.2, 0.25) is 11.8 Å². The van der Waals surface area contributed by atoms with Gasteiger partial charge in [-0.25, -0.2) is 0 Å². The molecule has 0 bridgehead atoms. The van der Waals surface area contributed by atoms with Crippen LogP contribution in [0.3, 0.4) is 0 Å². The smallest absolute Gasteiger partial charge is 0.277 e. The second-order valence-electron chi connectivity index (χ2n) is 4.60. The number of nitrogens with one attached hydrogen (secondary N) is 1. The lowest BCUT2D eigenvalue weighted by molar-refractivity contribution is -0.115. The fourth-order valence-corrected chi connectivity index (χ4v) is 2.87. The van der Waals surface area contributed by atoms with Crippen molar-refractivity contribution in [3.05, 3.63) is 34.7 Å². The maximum absolute atomic E-state index is 12.2. The number of aromatic nitrogens is 2. The largest absolute Gasteiger partial charge is 0.415 e. The first kappa shape index (κ1) is 17.2. The molecule has 0 saturated carbocycles. The summed E-state index contributed by atoms with van der Waals surface area (Å²) in [5.41, 5.74) is 1.66. The molecule has 8 heteroatoms. The van der Waals surface area contributed by atoms with Crippen LogP contribution in [-0.4, -0.2) is 27.6 Å². The van der Waals surface area contributed by atoms with Crippen molar-refractivity contribution in [3.63, 3.8) is 0 Å². The lowest BCUT2D eigenvalue weighted by atomic mass is 10.2. The Morgan fingerprint density at radius 3 is 2.95 bits per heavy atom. The molecular weight excluding hydrogens is 342 g/mol. The molecule has 0 saturated heterocycles. The van der Waals surface area contributed by atoms with E-state index in [1.807, 2.05) is 19.2 Å². The van der Waals surface area contributed by atoms with E-state index >= 15 is 0 Å². The molecule has 0 aliphatic heterocycles. The molecule has 2 rings (SSSR count). The van der Waals surface area contributed by atoms with Gasteiger partial charge in [0.15, 0.2) is 0 Å². The van der Waals surface area contributed by atoms with E-state index in [0.717, 1.165) is 5.56 Å². The minimum Gasteiger partial charge on any atom is -0.415 e. The van der Waals surface area contributed by atoms with E-state index in [1.165, 1.54) is 11.8 Å². The summed E-state index contributed by atoms with van der Waals surface area (Å²) in [6.07, 6.45) is 1.96. The Balaban J connectivity index is 1.98. The summed E-state index contributed by atoms with van der Waals surface area (Å²) >= 11 is 8.78. The Hall–Kier alpha value is -1.18. The highest BCUT2D eigenvalue weighted by molar-refractivity contribution is 8.00. The van der Waals surface area contributed by atoms with Crippen LogP contribution in [0.15, 0.2) is 27.8 Å². The standard InChI is InChI=1S/C14H16ClN3O2S2/c1-8-4-5-10(15)6-11(8)16-13(19)9(2)22-14-18-17-12(20-14)7-21-3/h4-6,9H,7H2,1-3H3,(H,16,19). The first-order valence-electron chi connectivity index (χ1n) is 6.54. The van der Waals surface area contributed by atoms with Gasteiger partial charge in [0, 0.05) is 10.7 Å². The molecule has 0 aliphatic carbocycles. The molecule has 1 aromatic carbocycles. The normalized spacial score (nSPS) is 12.2. The van der Waals surface area contributed by atoms with Crippen LogP contribution in [0.4, 0.5) is 5.69 Å². The topological polar surface area (TPSA) is 68.0 Å². The number of rotatable bonds is 6. The molecule has 0 aliphatic rings. The summed E-state index contributed by atoms with van der Waals surface area (Å²) in [5, 5.41) is 11.3. The number of thioether (sulfide) groups is 2. The van der Waals surface area contributed by atoms with Gasteiger partial charge in [0.25, 0.3) is 5.22 Å². The average Bonchev–Trinajstić information content (AvgIpc) is 2.90. The van der Waals surface area contributed by atoms with E-state index in [1.54, 1.807) is 30.8 Å². The first-order chi connectivity index (χ1) is 10.5. The highest BCUT2D eigenvalue weighted by Crippen LogP contribution is 2.25. The van der Waals surface area contributed by atoms with Crippen molar-refractivity contribution in [1.29, 1.82) is 0 Å². The molecule has 1 heterocycles. The number of carbonyl (C=O) groups excluding carboxylic acids is 1. The average molecular weight is 358 g/mol. The van der Waals surface area contributed by atoms with Gasteiger partial charge < -0.3 is 9.73 Å². The number of benzene rings is 1. The molecule has 1 aromatic heterocycles. The lowest BCUT2D eigenvalue weighted by Gasteiger charge is -2.12. The number of carbonyl (C=O) groups is 1. The van der Waals surface area contributed by atoms with Crippen LogP contribution < -0.4 is 5.32 Å². The highest BCUT2D eigenvalue weighted by atomic mass is 35.5. The second kappa shape index (κ2) is 7.89. The van der Waals surface area contributed by atoms with Crippen molar-refractivity contribution in [2.24, 2.45) is 0 Å². The number of hydrogen-bond acceptors (Lipinski definition) is 6. The van der Waals surface area contributed by atoms with Crippen LogP contribution in [0, 0.1) is 6.92 Å². The fraction of sp³-hybridized carbons (Fsp3) is 0.357. The van der Waals surface area contributed by atoms with E-state index in [9.17, 15) is 4.79 Å². The summed E-state index contributed by atoms with van der Waals surface area (Å²) in [6, 6.07) is 5.38. The van der Waals surface area contributed by atoms with Gasteiger partial charge >= 0.3 is 0 Å². The minimum absolute atomic E-state index is 0.139. The molecule has 0 radical (unpaired) electrons. The van der Waals surface area contributed by atoms with E-state index in [2.05, 4.69) is 15.5 Å². The molecule has 1 atom stereocenters. The number of amides is 1. The third-order valence-corrected chi connectivity index (χ3v) is 4.53. The fourth-order valence-electron chi connectivity index (χ4n) is 1.64. The van der Waals surface area contributed by atoms with E-state index in [0.29, 0.717) is 27.6 Å². The monoisotopic (exact) mass is 357 g/mol. The molecular formula is C14H16ClN3O2S2. The molecule has 1 unspecified atom stereocenters. The maximum atomic E-state index is 12.2. The van der Waals surface area contributed by atoms with Crippen molar-refractivity contribution >= 4 is 46.7 Å². The summed E-state index contributed by atoms with van der Waals surface area (Å²) in [5.74, 6) is 1.09. The van der Waals surface area contributed by atoms with E-state index in [-0.39, 0.29) is 11.2 Å². The first-order valence-corrected chi connectivity index (χ1v) is 9.19. The van der Waals surface area contributed by atoms with Gasteiger partial charge in [-0.1, -0.05) is 29.4 Å². The van der Waals surface area contributed by atoms with Crippen LogP contribution in [-0.2, 0) is 10.5 Å². The van der Waals surface area contributed by atoms with Crippen LogP contribution >= 0.6 is 35.1 Å². The number of nitrogens with zero attached hydrogens (tertiary/aromatic N) is 2. The molecule has 1 amide bonds. The second-order valence-corrected chi connectivity index (χ2v) is 7.20. The lowest BCUT2D eigenvalue weighted by Crippen LogP contribution is -2.22. The quantitative estimate of drug-likeness (QED) is 0.788. The van der Waals surface area contributed by atoms with E-state index in [4.69, 9.17) is 16.0 Å². The predicted molar refractivity (Wildman–Crippen MR) is 91.7 cm³/mol. The van der Waals surface area contributed by atoms with Crippen LogP contribution in [0.1, 0.15) is 18.4 Å². The van der Waals surface area contributed by atoms with Crippen LogP contribution in [0.2, 0.25) is 5.02 Å². The van der Waals surface area contributed by atoms with Crippen molar-refractivity contribution in [3.8, 4) is 0 Å². The van der Waals surface area contributed by atoms with Crippen molar-refractivity contribution in [2.75, 3.05) is 11.6 Å². The van der Waals surface area contributed by atoms with Gasteiger partial charge in [-0.05, 0) is 37.8 Å². The molecule has 0 fully saturated rings. The van der Waals surface area contributed by atoms with Gasteiger partial charge in [-0.2, -0.15) is 11.8 Å². The van der Waals surface area contributed by atoms with Gasteiger partial charge in [-0.3, -0.25) is 4.79 Å². The van der Waals surface area contributed by atoms with Crippen LogP contribution in [0.5, 0.6) is 0 Å². The third-order valence-electron chi connectivity index (χ3n) is 2.82. The third kappa shape index (κ3) is 4.66. The Morgan fingerprint density at radius 1 is 1.45 bits per heavy atom. The van der Waals surface area contributed by atoms with Gasteiger partial charge in [0.05, 0.1) is 11.0 Å². The van der Waals surface area contributed by atoms with Crippen LogP contribution in [0.25, 0.3) is 0 Å². The zero-order chi connectivity index (χ0) is 16.1. The summed E-state index contributed by atoms with van der Waals surface area (Å²) in [7, 11) is 0. The summed E-state index contributed by atoms with van der Waals surface area (Å²) in [4.78, 5) is 12.2.